The Morgan fingerprint density at radius 3 is 2.59 bits per heavy atom. The van der Waals surface area contributed by atoms with Gasteiger partial charge < -0.3 is 0 Å². The van der Waals surface area contributed by atoms with Gasteiger partial charge in [-0.15, -0.1) is 0 Å². The van der Waals surface area contributed by atoms with Crippen LogP contribution in [-0.2, 0) is 0 Å². The lowest BCUT2D eigenvalue weighted by Crippen LogP contribution is -2.07. The first-order valence-corrected chi connectivity index (χ1v) is 6.28. The van der Waals surface area contributed by atoms with E-state index in [4.69, 9.17) is 0 Å². The number of nitrogens with one attached hydrogen (secondary N) is 1. The summed E-state index contributed by atoms with van der Waals surface area (Å²) < 4.78 is 0. The van der Waals surface area contributed by atoms with E-state index in [2.05, 4.69) is 27.6 Å². The molecule has 3 rings (SSSR count). The summed E-state index contributed by atoms with van der Waals surface area (Å²) in [5.74, 6) is 0. The summed E-state index contributed by atoms with van der Waals surface area (Å²) in [4.78, 5) is 4.33. The van der Waals surface area contributed by atoms with Crippen molar-refractivity contribution in [3.8, 4) is 0 Å². The summed E-state index contributed by atoms with van der Waals surface area (Å²) in [5.41, 5.74) is 5.26. The second-order valence-electron chi connectivity index (χ2n) is 3.66. The molecule has 1 aromatic carbocycles. The van der Waals surface area contributed by atoms with E-state index < -0.39 is 0 Å². The zero-order chi connectivity index (χ0) is 11.5. The first kappa shape index (κ1) is 10.4. The topological polar surface area (TPSA) is 37.3 Å². The number of aromatic nitrogens is 1. The maximum absolute atomic E-state index is 4.35. The van der Waals surface area contributed by atoms with E-state index in [1.807, 2.05) is 36.4 Å². The van der Waals surface area contributed by atoms with Gasteiger partial charge in [-0.3, -0.25) is 10.4 Å². The van der Waals surface area contributed by atoms with E-state index in [1.165, 1.54) is 0 Å². The quantitative estimate of drug-likeness (QED) is 0.878. The van der Waals surface area contributed by atoms with Gasteiger partial charge in [0.25, 0.3) is 0 Å². The number of pyridine rings is 1. The van der Waals surface area contributed by atoms with Gasteiger partial charge in [0.2, 0.25) is 0 Å². The van der Waals surface area contributed by atoms with Crippen LogP contribution in [0.25, 0.3) is 0 Å². The smallest absolute Gasteiger partial charge is 0.137 e. The Bertz CT molecular complexity index is 525. The minimum Gasteiger partial charge on any atom is -0.289 e. The fourth-order valence-corrected chi connectivity index (χ4v) is 2.62. The van der Waals surface area contributed by atoms with Gasteiger partial charge in [-0.05, 0) is 12.1 Å². The summed E-state index contributed by atoms with van der Waals surface area (Å²) in [6, 6.07) is 16.1. The summed E-state index contributed by atoms with van der Waals surface area (Å²) >= 11 is 1.69. The molecule has 0 bridgehead atoms. The summed E-state index contributed by atoms with van der Waals surface area (Å²) in [5, 5.41) is 5.49. The molecule has 1 atom stereocenters. The molecule has 2 heterocycles. The Hall–Kier alpha value is -1.81. The van der Waals surface area contributed by atoms with Crippen molar-refractivity contribution in [2.45, 2.75) is 5.37 Å². The van der Waals surface area contributed by atoms with Crippen molar-refractivity contribution in [3.05, 3.63) is 66.0 Å². The largest absolute Gasteiger partial charge is 0.289 e. The van der Waals surface area contributed by atoms with Crippen LogP contribution in [0.5, 0.6) is 0 Å². The summed E-state index contributed by atoms with van der Waals surface area (Å²) in [6.07, 6.45) is 1.80. The molecule has 0 fully saturated rings. The van der Waals surface area contributed by atoms with Gasteiger partial charge in [-0.25, -0.2) is 0 Å². The highest BCUT2D eigenvalue weighted by molar-refractivity contribution is 8.14. The van der Waals surface area contributed by atoms with E-state index in [0.717, 1.165) is 16.3 Å². The van der Waals surface area contributed by atoms with Gasteiger partial charge in [0, 0.05) is 11.8 Å². The monoisotopic (exact) mass is 241 g/mol. The lowest BCUT2D eigenvalue weighted by molar-refractivity contribution is 0.724. The van der Waals surface area contributed by atoms with Crippen LogP contribution in [0.3, 0.4) is 0 Å². The molecule has 0 radical (unpaired) electrons. The molecular formula is C13H11N3S. The third-order valence-corrected chi connectivity index (χ3v) is 3.62. The highest BCUT2D eigenvalue weighted by Crippen LogP contribution is 2.32. The Morgan fingerprint density at radius 2 is 1.82 bits per heavy atom. The number of hydrogen-bond acceptors (Lipinski definition) is 4. The number of hydrazone groups is 1. The third kappa shape index (κ3) is 2.17. The van der Waals surface area contributed by atoms with E-state index in [-0.39, 0.29) is 5.37 Å². The molecule has 0 amide bonds. The van der Waals surface area contributed by atoms with Gasteiger partial charge in [-0.2, -0.15) is 5.10 Å². The Morgan fingerprint density at radius 1 is 1.00 bits per heavy atom. The second kappa shape index (κ2) is 4.59. The van der Waals surface area contributed by atoms with Crippen LogP contribution in [0.1, 0.15) is 16.6 Å². The van der Waals surface area contributed by atoms with Crippen molar-refractivity contribution >= 4 is 16.8 Å². The normalized spacial score (nSPS) is 18.6. The van der Waals surface area contributed by atoms with Crippen LogP contribution >= 0.6 is 11.8 Å². The minimum absolute atomic E-state index is 0.117. The highest BCUT2D eigenvalue weighted by Gasteiger charge is 2.22. The van der Waals surface area contributed by atoms with Gasteiger partial charge in [-0.1, -0.05) is 48.2 Å². The van der Waals surface area contributed by atoms with Gasteiger partial charge in [0.05, 0.1) is 5.69 Å². The molecule has 1 unspecified atom stereocenters. The SMILES string of the molecule is c1ccc(C2=NNC(c3ccccn3)S2)cc1. The molecule has 3 nitrogen and oxygen atoms in total. The molecule has 0 saturated heterocycles. The van der Waals surface area contributed by atoms with E-state index in [1.54, 1.807) is 18.0 Å². The van der Waals surface area contributed by atoms with Crippen LogP contribution in [0.15, 0.2) is 59.8 Å². The van der Waals surface area contributed by atoms with Gasteiger partial charge in [0.15, 0.2) is 0 Å². The molecule has 84 valence electrons. The van der Waals surface area contributed by atoms with Crippen LogP contribution in [0.2, 0.25) is 0 Å². The average Bonchev–Trinajstić information content (AvgIpc) is 2.90. The Kier molecular flexibility index (Phi) is 2.80. The number of hydrogen-bond donors (Lipinski definition) is 1. The minimum atomic E-state index is 0.117. The van der Waals surface area contributed by atoms with Crippen molar-refractivity contribution < 1.29 is 0 Å². The van der Waals surface area contributed by atoms with Gasteiger partial charge in [0.1, 0.15) is 10.4 Å². The molecule has 1 aromatic heterocycles. The van der Waals surface area contributed by atoms with Crippen LogP contribution in [-0.4, -0.2) is 10.0 Å². The zero-order valence-electron chi connectivity index (χ0n) is 9.08. The zero-order valence-corrected chi connectivity index (χ0v) is 9.89. The van der Waals surface area contributed by atoms with Crippen molar-refractivity contribution in [3.63, 3.8) is 0 Å². The number of thioether (sulfide) groups is 1. The van der Waals surface area contributed by atoms with Crippen molar-refractivity contribution in [2.24, 2.45) is 5.10 Å². The molecule has 0 saturated carbocycles. The highest BCUT2D eigenvalue weighted by atomic mass is 32.2. The fraction of sp³-hybridized carbons (Fsp3) is 0.0769. The lowest BCUT2D eigenvalue weighted by Gasteiger charge is -2.07. The standard InChI is InChI=1S/C13H11N3S/c1-2-6-10(7-3-1)12-15-16-13(17-12)11-8-4-5-9-14-11/h1-9,13,16H. The number of benzene rings is 1. The van der Waals surface area contributed by atoms with E-state index >= 15 is 0 Å². The summed E-state index contributed by atoms with van der Waals surface area (Å²) in [6.45, 7) is 0. The molecule has 17 heavy (non-hydrogen) atoms. The molecule has 2 aromatic rings. The Balaban J connectivity index is 1.78. The molecule has 1 aliphatic rings. The molecular weight excluding hydrogens is 230 g/mol. The molecule has 1 aliphatic heterocycles. The summed E-state index contributed by atoms with van der Waals surface area (Å²) in [7, 11) is 0. The molecule has 4 heteroatoms. The maximum Gasteiger partial charge on any atom is 0.137 e. The van der Waals surface area contributed by atoms with E-state index in [0.29, 0.717) is 0 Å². The fourth-order valence-electron chi connectivity index (χ4n) is 1.65. The predicted octanol–water partition coefficient (Wildman–Crippen LogP) is 2.78. The van der Waals surface area contributed by atoms with Crippen LogP contribution in [0.4, 0.5) is 0 Å². The lowest BCUT2D eigenvalue weighted by atomic mass is 10.2. The number of rotatable bonds is 2. The molecule has 0 spiro atoms. The Labute approximate surface area is 104 Å². The average molecular weight is 241 g/mol. The first-order chi connectivity index (χ1) is 8.43. The van der Waals surface area contributed by atoms with E-state index in [9.17, 15) is 0 Å². The van der Waals surface area contributed by atoms with Crippen molar-refractivity contribution in [1.82, 2.24) is 10.4 Å². The second-order valence-corrected chi connectivity index (χ2v) is 4.76. The van der Waals surface area contributed by atoms with Crippen LogP contribution in [0, 0.1) is 0 Å². The van der Waals surface area contributed by atoms with Crippen LogP contribution < -0.4 is 5.43 Å². The molecule has 1 N–H and O–H groups in total. The van der Waals surface area contributed by atoms with Crippen molar-refractivity contribution in [2.75, 3.05) is 0 Å². The number of nitrogens with zero attached hydrogens (tertiary/aromatic N) is 2. The first-order valence-electron chi connectivity index (χ1n) is 5.40. The maximum atomic E-state index is 4.35. The third-order valence-electron chi connectivity index (χ3n) is 2.49. The predicted molar refractivity (Wildman–Crippen MR) is 70.7 cm³/mol. The van der Waals surface area contributed by atoms with Gasteiger partial charge >= 0.3 is 0 Å². The van der Waals surface area contributed by atoms with Crippen molar-refractivity contribution in [1.29, 1.82) is 0 Å². The molecule has 0 aliphatic carbocycles.